The Morgan fingerprint density at radius 2 is 2.07 bits per heavy atom. The molecule has 8 heteroatoms. The molecule has 6 nitrogen and oxygen atoms in total. The van der Waals surface area contributed by atoms with Crippen LogP contribution in [0.5, 0.6) is 5.75 Å². The van der Waals surface area contributed by atoms with Gasteiger partial charge in [0.25, 0.3) is 0 Å². The van der Waals surface area contributed by atoms with E-state index in [0.29, 0.717) is 23.9 Å². The van der Waals surface area contributed by atoms with E-state index >= 15 is 0 Å². The number of nitrogens with one attached hydrogen (secondary N) is 3. The van der Waals surface area contributed by atoms with E-state index in [1.807, 2.05) is 18.2 Å². The molecule has 1 unspecified atom stereocenters. The summed E-state index contributed by atoms with van der Waals surface area (Å²) in [6.07, 6.45) is 0. The Kier molecular flexibility index (Phi) is 10.2. The number of nitrogens with zero attached hydrogens (tertiary/aromatic N) is 1. The van der Waals surface area contributed by atoms with Crippen molar-refractivity contribution in [3.8, 4) is 5.75 Å². The van der Waals surface area contributed by atoms with Crippen molar-refractivity contribution in [3.63, 3.8) is 0 Å². The highest BCUT2D eigenvalue weighted by atomic mass is 127. The van der Waals surface area contributed by atoms with Crippen LogP contribution in [0.3, 0.4) is 0 Å². The van der Waals surface area contributed by atoms with Crippen LogP contribution in [0.25, 0.3) is 0 Å². The first-order valence-electron chi connectivity index (χ1n) is 8.46. The second-order valence-electron chi connectivity index (χ2n) is 5.94. The molecule has 0 saturated heterocycles. The van der Waals surface area contributed by atoms with Crippen LogP contribution in [0.4, 0.5) is 5.69 Å². The SMILES string of the molecule is CN=C(NCc1ccc(OC)c(NC(C)=O)c1)NCC(C)c1cccs1.I. The van der Waals surface area contributed by atoms with Gasteiger partial charge in [-0.3, -0.25) is 9.79 Å². The fourth-order valence-corrected chi connectivity index (χ4v) is 3.27. The summed E-state index contributed by atoms with van der Waals surface area (Å²) in [7, 11) is 3.33. The van der Waals surface area contributed by atoms with E-state index < -0.39 is 0 Å². The summed E-state index contributed by atoms with van der Waals surface area (Å²) in [4.78, 5) is 17.0. The number of guanidine groups is 1. The summed E-state index contributed by atoms with van der Waals surface area (Å²) in [5.74, 6) is 1.66. The minimum Gasteiger partial charge on any atom is -0.495 e. The first-order valence-corrected chi connectivity index (χ1v) is 9.34. The van der Waals surface area contributed by atoms with Gasteiger partial charge in [0.2, 0.25) is 5.91 Å². The largest absolute Gasteiger partial charge is 0.495 e. The lowest BCUT2D eigenvalue weighted by atomic mass is 10.1. The number of carbonyl (C=O) groups excluding carboxylic acids is 1. The quantitative estimate of drug-likeness (QED) is 0.306. The van der Waals surface area contributed by atoms with Crippen molar-refractivity contribution in [1.82, 2.24) is 10.6 Å². The maximum Gasteiger partial charge on any atom is 0.221 e. The molecule has 0 aliphatic heterocycles. The third kappa shape index (κ3) is 7.37. The van der Waals surface area contributed by atoms with Crippen molar-refractivity contribution >= 4 is 52.9 Å². The Hall–Kier alpha value is -1.81. The van der Waals surface area contributed by atoms with Gasteiger partial charge in [-0.25, -0.2) is 0 Å². The fourth-order valence-electron chi connectivity index (χ4n) is 2.48. The molecule has 0 bridgehead atoms. The number of hydrogen-bond donors (Lipinski definition) is 3. The third-order valence-corrected chi connectivity index (χ3v) is 4.97. The number of benzene rings is 1. The van der Waals surface area contributed by atoms with Crippen LogP contribution < -0.4 is 20.7 Å². The van der Waals surface area contributed by atoms with E-state index in [1.165, 1.54) is 11.8 Å². The van der Waals surface area contributed by atoms with Crippen LogP contribution in [-0.4, -0.2) is 32.6 Å². The number of amides is 1. The number of carbonyl (C=O) groups is 1. The smallest absolute Gasteiger partial charge is 0.221 e. The number of anilines is 1. The van der Waals surface area contributed by atoms with Gasteiger partial charge in [-0.2, -0.15) is 0 Å². The average Bonchev–Trinajstić information content (AvgIpc) is 3.16. The van der Waals surface area contributed by atoms with E-state index in [9.17, 15) is 4.79 Å². The number of rotatable bonds is 7. The van der Waals surface area contributed by atoms with Gasteiger partial charge < -0.3 is 20.7 Å². The zero-order chi connectivity index (χ0) is 18.9. The van der Waals surface area contributed by atoms with E-state index in [0.717, 1.165) is 18.1 Å². The molecule has 1 atom stereocenters. The lowest BCUT2D eigenvalue weighted by molar-refractivity contribution is -0.114. The number of thiophene rings is 1. The molecule has 1 aromatic heterocycles. The highest BCUT2D eigenvalue weighted by Crippen LogP contribution is 2.25. The lowest BCUT2D eigenvalue weighted by Crippen LogP contribution is -2.38. The van der Waals surface area contributed by atoms with Gasteiger partial charge in [-0.1, -0.05) is 19.1 Å². The minimum atomic E-state index is -0.131. The molecular weight excluding hydrogens is 475 g/mol. The summed E-state index contributed by atoms with van der Waals surface area (Å²) < 4.78 is 5.28. The predicted molar refractivity (Wildman–Crippen MR) is 124 cm³/mol. The number of methoxy groups -OCH3 is 1. The third-order valence-electron chi connectivity index (χ3n) is 3.86. The summed E-state index contributed by atoms with van der Waals surface area (Å²) in [5.41, 5.74) is 1.68. The van der Waals surface area contributed by atoms with Crippen molar-refractivity contribution in [2.45, 2.75) is 26.3 Å². The molecule has 27 heavy (non-hydrogen) atoms. The van der Waals surface area contributed by atoms with Crippen LogP contribution in [-0.2, 0) is 11.3 Å². The normalized spacial score (nSPS) is 11.9. The first kappa shape index (κ1) is 23.2. The number of aliphatic imine (C=N–C) groups is 1. The first-order chi connectivity index (χ1) is 12.5. The monoisotopic (exact) mass is 502 g/mol. The molecule has 1 heterocycles. The van der Waals surface area contributed by atoms with Crippen LogP contribution in [0.2, 0.25) is 0 Å². The Bertz CT molecular complexity index is 750. The van der Waals surface area contributed by atoms with Crippen LogP contribution in [0, 0.1) is 0 Å². The second-order valence-corrected chi connectivity index (χ2v) is 6.92. The summed E-state index contributed by atoms with van der Waals surface area (Å²) in [6.45, 7) is 5.06. The summed E-state index contributed by atoms with van der Waals surface area (Å²) in [6, 6.07) is 9.92. The Balaban J connectivity index is 0.00000364. The zero-order valence-electron chi connectivity index (χ0n) is 16.0. The van der Waals surface area contributed by atoms with E-state index in [4.69, 9.17) is 4.74 Å². The molecule has 1 amide bonds. The standard InChI is InChI=1S/C19H26N4O2S.HI/c1-13(18-6-5-9-26-18)11-21-19(20-3)22-12-15-7-8-17(25-4)16(10-15)23-14(2)24;/h5-10,13H,11-12H2,1-4H3,(H,23,24)(H2,20,21,22);1H. The van der Waals surface area contributed by atoms with Gasteiger partial charge in [-0.15, -0.1) is 35.3 Å². The van der Waals surface area contributed by atoms with E-state index in [2.05, 4.69) is 45.4 Å². The van der Waals surface area contributed by atoms with Gasteiger partial charge in [-0.05, 0) is 29.1 Å². The molecule has 148 valence electrons. The molecule has 0 spiro atoms. The van der Waals surface area contributed by atoms with E-state index in [-0.39, 0.29) is 29.9 Å². The van der Waals surface area contributed by atoms with Crippen molar-refractivity contribution in [3.05, 3.63) is 46.2 Å². The van der Waals surface area contributed by atoms with Crippen LogP contribution >= 0.6 is 35.3 Å². The molecule has 0 saturated carbocycles. The van der Waals surface area contributed by atoms with Gasteiger partial charge >= 0.3 is 0 Å². The van der Waals surface area contributed by atoms with Crippen molar-refractivity contribution in [2.24, 2.45) is 4.99 Å². The summed E-state index contributed by atoms with van der Waals surface area (Å²) in [5, 5.41) is 11.5. The van der Waals surface area contributed by atoms with Crippen LogP contribution in [0.15, 0.2) is 40.7 Å². The number of ether oxygens (including phenoxy) is 1. The zero-order valence-corrected chi connectivity index (χ0v) is 19.2. The average molecular weight is 502 g/mol. The molecule has 0 fully saturated rings. The molecule has 0 aliphatic carbocycles. The van der Waals surface area contributed by atoms with Crippen LogP contribution in [0.1, 0.15) is 30.2 Å². The molecule has 0 aliphatic rings. The van der Waals surface area contributed by atoms with Crippen molar-refractivity contribution in [2.75, 3.05) is 26.0 Å². The fraction of sp³-hybridized carbons (Fsp3) is 0.368. The molecule has 1 aromatic carbocycles. The molecular formula is C19H27IN4O2S. The predicted octanol–water partition coefficient (Wildman–Crippen LogP) is 3.80. The van der Waals surface area contributed by atoms with Gasteiger partial charge in [0.1, 0.15) is 5.75 Å². The maximum atomic E-state index is 11.3. The molecule has 0 radical (unpaired) electrons. The van der Waals surface area contributed by atoms with Gasteiger partial charge in [0.05, 0.1) is 12.8 Å². The highest BCUT2D eigenvalue weighted by Gasteiger charge is 2.09. The number of hydrogen-bond acceptors (Lipinski definition) is 4. The molecule has 2 aromatic rings. The van der Waals surface area contributed by atoms with E-state index in [1.54, 1.807) is 25.5 Å². The van der Waals surface area contributed by atoms with Gasteiger partial charge in [0, 0.05) is 37.9 Å². The Morgan fingerprint density at radius 1 is 1.30 bits per heavy atom. The summed E-state index contributed by atoms with van der Waals surface area (Å²) >= 11 is 1.76. The molecule has 3 N–H and O–H groups in total. The highest BCUT2D eigenvalue weighted by molar-refractivity contribution is 14.0. The second kappa shape index (κ2) is 11.8. The maximum absolute atomic E-state index is 11.3. The Morgan fingerprint density at radius 3 is 2.67 bits per heavy atom. The Labute approximate surface area is 181 Å². The topological polar surface area (TPSA) is 74.8 Å². The van der Waals surface area contributed by atoms with Crippen molar-refractivity contribution < 1.29 is 9.53 Å². The molecule has 2 rings (SSSR count). The lowest BCUT2D eigenvalue weighted by Gasteiger charge is -2.16. The number of halogens is 1. The van der Waals surface area contributed by atoms with Gasteiger partial charge in [0.15, 0.2) is 5.96 Å². The van der Waals surface area contributed by atoms with Crippen molar-refractivity contribution in [1.29, 1.82) is 0 Å². The minimum absolute atomic E-state index is 0.